The van der Waals surface area contributed by atoms with Crippen LogP contribution in [0.5, 0.6) is 5.75 Å². The van der Waals surface area contributed by atoms with E-state index in [0.29, 0.717) is 49.2 Å². The molecule has 12 heteroatoms. The molecule has 0 bridgehead atoms. The van der Waals surface area contributed by atoms with Crippen LogP contribution in [0, 0.1) is 5.82 Å². The Hall–Kier alpha value is -4.71. The topological polar surface area (TPSA) is 136 Å². The molecule has 0 aliphatic carbocycles. The molecule has 0 radical (unpaired) electrons. The van der Waals surface area contributed by atoms with Gasteiger partial charge in [0, 0.05) is 23.6 Å². The summed E-state index contributed by atoms with van der Waals surface area (Å²) >= 11 is 0. The molecule has 2 aromatic carbocycles. The maximum Gasteiger partial charge on any atom is 0.407 e. The second-order valence-corrected chi connectivity index (χ2v) is 9.33. The van der Waals surface area contributed by atoms with Crippen LogP contribution in [0.1, 0.15) is 20.8 Å². The third-order valence-corrected chi connectivity index (χ3v) is 4.84. The minimum Gasteiger partial charge on any atom is -0.491 e. The third kappa shape index (κ3) is 10.6. The number of ether oxygens (including phenoxy) is 3. The van der Waals surface area contributed by atoms with Gasteiger partial charge in [0.05, 0.1) is 19.4 Å². The van der Waals surface area contributed by atoms with Crippen molar-refractivity contribution in [1.82, 2.24) is 15.3 Å². The van der Waals surface area contributed by atoms with Gasteiger partial charge in [0.15, 0.2) is 11.6 Å². The summed E-state index contributed by atoms with van der Waals surface area (Å²) in [6.07, 6.45) is 1.73. The number of nitrogens with zero attached hydrogens (tertiary/aromatic N) is 2. The summed E-state index contributed by atoms with van der Waals surface area (Å²) in [5.74, 6) is -0.219. The fraction of sp³-hybridized carbons (Fsp3) is 0.286. The lowest BCUT2D eigenvalue weighted by Gasteiger charge is -2.19. The van der Waals surface area contributed by atoms with Gasteiger partial charge in [0.2, 0.25) is 11.9 Å². The fourth-order valence-corrected chi connectivity index (χ4v) is 3.14. The average Bonchev–Trinajstić information content (AvgIpc) is 2.90. The van der Waals surface area contributed by atoms with E-state index in [4.69, 9.17) is 14.2 Å². The van der Waals surface area contributed by atoms with Crippen LogP contribution in [0.15, 0.2) is 67.4 Å². The van der Waals surface area contributed by atoms with Gasteiger partial charge in [-0.1, -0.05) is 12.6 Å². The van der Waals surface area contributed by atoms with Crippen LogP contribution in [-0.4, -0.2) is 53.9 Å². The highest BCUT2D eigenvalue weighted by molar-refractivity contribution is 5.99. The average molecular weight is 553 g/mol. The lowest BCUT2D eigenvalue weighted by Crippen LogP contribution is -2.34. The van der Waals surface area contributed by atoms with Crippen LogP contribution < -0.4 is 26.0 Å². The summed E-state index contributed by atoms with van der Waals surface area (Å²) in [5.41, 5.74) is 1.17. The number of halogens is 1. The Balaban J connectivity index is 1.44. The number of amides is 2. The number of benzene rings is 2. The van der Waals surface area contributed by atoms with Gasteiger partial charge in [0.25, 0.3) is 0 Å². The van der Waals surface area contributed by atoms with E-state index in [2.05, 4.69) is 37.8 Å². The summed E-state index contributed by atoms with van der Waals surface area (Å²) in [4.78, 5) is 31.3. The van der Waals surface area contributed by atoms with Crippen LogP contribution in [0.3, 0.4) is 0 Å². The summed E-state index contributed by atoms with van der Waals surface area (Å²) in [5, 5.41) is 11.2. The molecule has 0 fully saturated rings. The maximum absolute atomic E-state index is 14.4. The van der Waals surface area contributed by atoms with Gasteiger partial charge < -0.3 is 35.5 Å². The molecule has 0 unspecified atom stereocenters. The Labute approximate surface area is 232 Å². The van der Waals surface area contributed by atoms with Gasteiger partial charge in [0.1, 0.15) is 18.0 Å². The van der Waals surface area contributed by atoms with Crippen molar-refractivity contribution in [2.75, 3.05) is 42.3 Å². The molecule has 1 heterocycles. The molecule has 4 N–H and O–H groups in total. The van der Waals surface area contributed by atoms with Crippen molar-refractivity contribution in [1.29, 1.82) is 0 Å². The predicted octanol–water partition coefficient (Wildman–Crippen LogP) is 5.15. The molecule has 0 atom stereocenters. The zero-order valence-electron chi connectivity index (χ0n) is 22.6. The van der Waals surface area contributed by atoms with E-state index < -0.39 is 17.5 Å². The maximum atomic E-state index is 14.4. The molecular weight excluding hydrogens is 519 g/mol. The first-order valence-electron chi connectivity index (χ1n) is 12.5. The first-order valence-corrected chi connectivity index (χ1v) is 12.5. The van der Waals surface area contributed by atoms with Crippen LogP contribution in [-0.2, 0) is 14.3 Å². The molecule has 0 aliphatic heterocycles. The van der Waals surface area contributed by atoms with Gasteiger partial charge in [-0.15, -0.1) is 0 Å². The summed E-state index contributed by atoms with van der Waals surface area (Å²) in [6, 6.07) is 13.8. The zero-order valence-corrected chi connectivity index (χ0v) is 22.6. The molecule has 0 saturated carbocycles. The van der Waals surface area contributed by atoms with Crippen LogP contribution in [0.25, 0.3) is 0 Å². The molecule has 40 heavy (non-hydrogen) atoms. The number of hydrogen-bond acceptors (Lipinski definition) is 9. The normalized spacial score (nSPS) is 10.8. The Bertz CT molecular complexity index is 1300. The first-order chi connectivity index (χ1) is 19.1. The SMILES string of the molecule is C=CC(=O)Nc1cccc(Nc2nc(Nc3ccc(OCCOCCNC(=O)OC(C)(C)C)cc3)ncc2F)c1. The zero-order chi connectivity index (χ0) is 29.0. The molecule has 0 saturated heterocycles. The van der Waals surface area contributed by atoms with Gasteiger partial charge in [-0.2, -0.15) is 4.98 Å². The molecular formula is C28H33FN6O5. The minimum absolute atomic E-state index is 0.0362. The quantitative estimate of drug-likeness (QED) is 0.168. The number of carbonyl (C=O) groups excluding carboxylic acids is 2. The third-order valence-electron chi connectivity index (χ3n) is 4.84. The van der Waals surface area contributed by atoms with Crippen molar-refractivity contribution in [2.45, 2.75) is 26.4 Å². The number of carbonyl (C=O) groups is 2. The van der Waals surface area contributed by atoms with Crippen molar-refractivity contribution in [3.05, 3.63) is 73.2 Å². The van der Waals surface area contributed by atoms with Gasteiger partial charge >= 0.3 is 6.09 Å². The Morgan fingerprint density at radius 3 is 2.48 bits per heavy atom. The van der Waals surface area contributed by atoms with Crippen molar-refractivity contribution >= 4 is 40.8 Å². The number of rotatable bonds is 13. The predicted molar refractivity (Wildman–Crippen MR) is 151 cm³/mol. The molecule has 3 aromatic rings. The van der Waals surface area contributed by atoms with Gasteiger partial charge in [-0.3, -0.25) is 4.79 Å². The molecule has 212 valence electrons. The standard InChI is InChI=1S/C28H33FN6O5/c1-5-24(36)32-20-7-6-8-21(17-20)33-25-23(29)18-31-26(35-25)34-19-9-11-22(12-10-19)39-16-15-38-14-13-30-27(37)40-28(2,3)4/h5-12,17-18H,1,13-16H2,2-4H3,(H,30,37)(H,32,36)(H2,31,33,34,35). The van der Waals surface area contributed by atoms with E-state index in [9.17, 15) is 14.0 Å². The van der Waals surface area contributed by atoms with Crippen LogP contribution >= 0.6 is 0 Å². The molecule has 0 spiro atoms. The number of aromatic nitrogens is 2. The lowest BCUT2D eigenvalue weighted by molar-refractivity contribution is -0.111. The van der Waals surface area contributed by atoms with Crippen molar-refractivity contribution in [3.63, 3.8) is 0 Å². The van der Waals surface area contributed by atoms with Gasteiger partial charge in [-0.25, -0.2) is 14.2 Å². The second-order valence-electron chi connectivity index (χ2n) is 9.33. The lowest BCUT2D eigenvalue weighted by atomic mass is 10.2. The smallest absolute Gasteiger partial charge is 0.407 e. The first kappa shape index (κ1) is 29.8. The number of alkyl carbamates (subject to hydrolysis) is 1. The highest BCUT2D eigenvalue weighted by Crippen LogP contribution is 2.23. The monoisotopic (exact) mass is 552 g/mol. The summed E-state index contributed by atoms with van der Waals surface area (Å²) in [6.45, 7) is 10.1. The molecule has 1 aromatic heterocycles. The number of hydrogen-bond donors (Lipinski definition) is 4. The van der Waals surface area contributed by atoms with E-state index in [0.717, 1.165) is 12.3 Å². The largest absolute Gasteiger partial charge is 0.491 e. The van der Waals surface area contributed by atoms with E-state index >= 15 is 0 Å². The Morgan fingerprint density at radius 1 is 1.00 bits per heavy atom. The summed E-state index contributed by atoms with van der Waals surface area (Å²) < 4.78 is 30.6. The second kappa shape index (κ2) is 14.4. The fourth-order valence-electron chi connectivity index (χ4n) is 3.14. The number of nitrogens with one attached hydrogen (secondary N) is 4. The summed E-state index contributed by atoms with van der Waals surface area (Å²) in [7, 11) is 0. The van der Waals surface area contributed by atoms with Crippen molar-refractivity contribution in [3.8, 4) is 5.75 Å². The van der Waals surface area contributed by atoms with E-state index in [1.165, 1.54) is 0 Å². The van der Waals surface area contributed by atoms with Crippen molar-refractivity contribution < 1.29 is 28.2 Å². The van der Waals surface area contributed by atoms with Crippen molar-refractivity contribution in [2.24, 2.45) is 0 Å². The molecule has 0 aliphatic rings. The van der Waals surface area contributed by atoms with Gasteiger partial charge in [-0.05, 0) is 69.3 Å². The highest BCUT2D eigenvalue weighted by atomic mass is 19.1. The molecule has 2 amide bonds. The minimum atomic E-state index is -0.641. The highest BCUT2D eigenvalue weighted by Gasteiger charge is 2.15. The molecule has 11 nitrogen and oxygen atoms in total. The van der Waals surface area contributed by atoms with E-state index in [-0.39, 0.29) is 17.7 Å². The van der Waals surface area contributed by atoms with E-state index in [1.807, 2.05) is 0 Å². The van der Waals surface area contributed by atoms with Crippen LogP contribution in [0.2, 0.25) is 0 Å². The molecule has 3 rings (SSSR count). The Kier molecular flexibility index (Phi) is 10.8. The number of anilines is 5. The van der Waals surface area contributed by atoms with E-state index in [1.54, 1.807) is 69.3 Å². The van der Waals surface area contributed by atoms with Crippen LogP contribution in [0.4, 0.5) is 38.0 Å². The Morgan fingerprint density at radius 2 is 1.75 bits per heavy atom.